The van der Waals surface area contributed by atoms with Gasteiger partial charge in [0.25, 0.3) is 5.91 Å². The van der Waals surface area contributed by atoms with E-state index in [9.17, 15) is 9.18 Å². The topological polar surface area (TPSA) is 29.1 Å². The third-order valence-electron chi connectivity index (χ3n) is 3.53. The Morgan fingerprint density at radius 3 is 2.42 bits per heavy atom. The van der Waals surface area contributed by atoms with Crippen LogP contribution < -0.4 is 5.32 Å². The lowest BCUT2D eigenvalue weighted by molar-refractivity contribution is -0.115. The first-order valence-corrected chi connectivity index (χ1v) is 8.43. The number of hydrogen-bond donors (Lipinski definition) is 1. The van der Waals surface area contributed by atoms with E-state index < -0.39 is 0 Å². The predicted molar refractivity (Wildman–Crippen MR) is 96.9 cm³/mol. The number of carbonyl (C=O) groups is 1. The number of nitrogens with one attached hydrogen (secondary N) is 1. The first-order chi connectivity index (χ1) is 11.7. The first kappa shape index (κ1) is 16.1. The van der Waals surface area contributed by atoms with E-state index in [-0.39, 0.29) is 11.7 Å². The fourth-order valence-corrected chi connectivity index (χ4v) is 2.95. The molecule has 2 nitrogen and oxygen atoms in total. The Morgan fingerprint density at radius 2 is 1.75 bits per heavy atom. The molecule has 0 fully saturated rings. The third-order valence-corrected chi connectivity index (χ3v) is 4.34. The molecule has 3 rings (SSSR count). The van der Waals surface area contributed by atoms with Crippen molar-refractivity contribution < 1.29 is 9.18 Å². The smallest absolute Gasteiger partial charge is 0.252 e. The summed E-state index contributed by atoms with van der Waals surface area (Å²) in [5, 5.41) is 4.88. The van der Waals surface area contributed by atoms with Crippen LogP contribution in [0.3, 0.4) is 0 Å². The molecule has 0 radical (unpaired) electrons. The minimum absolute atomic E-state index is 0.154. The van der Waals surface area contributed by atoms with E-state index in [4.69, 9.17) is 0 Å². The minimum Gasteiger partial charge on any atom is -0.348 e. The highest BCUT2D eigenvalue weighted by molar-refractivity contribution is 7.11. The van der Waals surface area contributed by atoms with E-state index in [2.05, 4.69) is 5.32 Å². The molecule has 120 valence electrons. The van der Waals surface area contributed by atoms with E-state index in [1.807, 2.05) is 53.9 Å². The zero-order valence-corrected chi connectivity index (χ0v) is 13.7. The van der Waals surface area contributed by atoms with Crippen LogP contribution in [-0.4, -0.2) is 5.91 Å². The summed E-state index contributed by atoms with van der Waals surface area (Å²) in [5.74, 6) is -0.438. The lowest BCUT2D eigenvalue weighted by Crippen LogP contribution is -2.23. The number of carbonyl (C=O) groups excluding carboxylic acids is 1. The van der Waals surface area contributed by atoms with E-state index in [0.29, 0.717) is 12.1 Å². The van der Waals surface area contributed by atoms with Gasteiger partial charge in [-0.2, -0.15) is 0 Å². The highest BCUT2D eigenvalue weighted by Crippen LogP contribution is 2.21. The number of benzene rings is 2. The monoisotopic (exact) mass is 337 g/mol. The molecule has 0 spiro atoms. The Labute approximate surface area is 144 Å². The number of halogens is 1. The van der Waals surface area contributed by atoms with Gasteiger partial charge in [0.05, 0.1) is 0 Å². The van der Waals surface area contributed by atoms with Crippen LogP contribution in [-0.2, 0) is 11.3 Å². The molecule has 0 atom stereocenters. The number of thiophene rings is 1. The quantitative estimate of drug-likeness (QED) is 0.669. The SMILES string of the molecule is O=C(NCc1ccc(F)cc1)C(=Cc1cccs1)c1ccccc1. The van der Waals surface area contributed by atoms with Crippen LogP contribution in [0.15, 0.2) is 72.1 Å². The summed E-state index contributed by atoms with van der Waals surface area (Å²) in [5.41, 5.74) is 2.33. The van der Waals surface area contributed by atoms with Crippen LogP contribution >= 0.6 is 11.3 Å². The number of amides is 1. The predicted octanol–water partition coefficient (Wildman–Crippen LogP) is 4.74. The fourth-order valence-electron chi connectivity index (χ4n) is 2.29. The van der Waals surface area contributed by atoms with Gasteiger partial charge < -0.3 is 5.32 Å². The second-order valence-electron chi connectivity index (χ2n) is 5.25. The van der Waals surface area contributed by atoms with Gasteiger partial charge in [-0.25, -0.2) is 4.39 Å². The molecular formula is C20H16FNOS. The summed E-state index contributed by atoms with van der Waals surface area (Å²) < 4.78 is 13.0. The van der Waals surface area contributed by atoms with Gasteiger partial charge in [0.1, 0.15) is 5.82 Å². The lowest BCUT2D eigenvalue weighted by atomic mass is 10.0. The van der Waals surface area contributed by atoms with Crippen LogP contribution in [0.5, 0.6) is 0 Å². The second kappa shape index (κ2) is 7.70. The summed E-state index contributed by atoms with van der Waals surface area (Å²) in [6, 6.07) is 19.6. The molecule has 0 bridgehead atoms. The standard InChI is InChI=1S/C20H16FNOS/c21-17-10-8-15(9-11-17)14-22-20(23)19(13-18-7-4-12-24-18)16-5-2-1-3-6-16/h1-13H,14H2,(H,22,23). The van der Waals surface area contributed by atoms with Crippen LogP contribution in [0.25, 0.3) is 11.6 Å². The Bertz CT molecular complexity index is 824. The summed E-state index contributed by atoms with van der Waals surface area (Å²) in [7, 11) is 0. The van der Waals surface area contributed by atoms with Gasteiger partial charge in [-0.15, -0.1) is 11.3 Å². The molecule has 0 saturated heterocycles. The average Bonchev–Trinajstić information content (AvgIpc) is 3.13. The van der Waals surface area contributed by atoms with Gasteiger partial charge in [-0.05, 0) is 40.8 Å². The second-order valence-corrected chi connectivity index (χ2v) is 6.23. The molecule has 0 aliphatic rings. The maximum atomic E-state index is 13.0. The lowest BCUT2D eigenvalue weighted by Gasteiger charge is -2.09. The maximum Gasteiger partial charge on any atom is 0.252 e. The van der Waals surface area contributed by atoms with Crippen LogP contribution in [0.1, 0.15) is 16.0 Å². The van der Waals surface area contributed by atoms with Gasteiger partial charge >= 0.3 is 0 Å². The Balaban J connectivity index is 1.80. The van der Waals surface area contributed by atoms with Crippen molar-refractivity contribution in [1.29, 1.82) is 0 Å². The van der Waals surface area contributed by atoms with E-state index in [1.54, 1.807) is 23.5 Å². The molecule has 1 heterocycles. The van der Waals surface area contributed by atoms with Gasteiger partial charge in [0.15, 0.2) is 0 Å². The molecule has 1 amide bonds. The first-order valence-electron chi connectivity index (χ1n) is 7.55. The summed E-state index contributed by atoms with van der Waals surface area (Å²) in [6.07, 6.45) is 1.89. The molecule has 24 heavy (non-hydrogen) atoms. The minimum atomic E-state index is -0.285. The third kappa shape index (κ3) is 4.18. The Morgan fingerprint density at radius 1 is 1.00 bits per heavy atom. The zero-order chi connectivity index (χ0) is 16.8. The van der Waals surface area contributed by atoms with Crippen molar-refractivity contribution >= 4 is 28.9 Å². The van der Waals surface area contributed by atoms with Crippen molar-refractivity contribution in [2.24, 2.45) is 0 Å². The Hall–Kier alpha value is -2.72. The van der Waals surface area contributed by atoms with Crippen molar-refractivity contribution in [3.05, 3.63) is 93.9 Å². The molecular weight excluding hydrogens is 321 g/mol. The average molecular weight is 337 g/mol. The summed E-state index contributed by atoms with van der Waals surface area (Å²) in [6.45, 7) is 0.355. The molecule has 0 aliphatic carbocycles. The summed E-state index contributed by atoms with van der Waals surface area (Å²) >= 11 is 1.58. The van der Waals surface area contributed by atoms with Gasteiger partial charge in [0.2, 0.25) is 0 Å². The zero-order valence-electron chi connectivity index (χ0n) is 12.9. The fraction of sp³-hybridized carbons (Fsp3) is 0.0500. The van der Waals surface area contributed by atoms with Crippen LogP contribution in [0, 0.1) is 5.82 Å². The van der Waals surface area contributed by atoms with Gasteiger partial charge in [-0.1, -0.05) is 48.5 Å². The molecule has 2 aromatic carbocycles. The highest BCUT2D eigenvalue weighted by Gasteiger charge is 2.12. The molecule has 3 aromatic rings. The van der Waals surface area contributed by atoms with Crippen molar-refractivity contribution in [3.8, 4) is 0 Å². The largest absolute Gasteiger partial charge is 0.348 e. The van der Waals surface area contributed by atoms with Crippen LogP contribution in [0.4, 0.5) is 4.39 Å². The molecule has 4 heteroatoms. The van der Waals surface area contributed by atoms with Gasteiger partial charge in [-0.3, -0.25) is 4.79 Å². The van der Waals surface area contributed by atoms with Crippen LogP contribution in [0.2, 0.25) is 0 Å². The van der Waals surface area contributed by atoms with E-state index in [0.717, 1.165) is 16.0 Å². The number of rotatable bonds is 5. The van der Waals surface area contributed by atoms with E-state index in [1.165, 1.54) is 12.1 Å². The molecule has 0 aliphatic heterocycles. The van der Waals surface area contributed by atoms with Gasteiger partial charge in [0, 0.05) is 17.0 Å². The molecule has 0 saturated carbocycles. The summed E-state index contributed by atoms with van der Waals surface area (Å²) in [4.78, 5) is 13.7. The van der Waals surface area contributed by atoms with Crippen molar-refractivity contribution in [2.75, 3.05) is 0 Å². The van der Waals surface area contributed by atoms with Crippen molar-refractivity contribution in [3.63, 3.8) is 0 Å². The van der Waals surface area contributed by atoms with Crippen molar-refractivity contribution in [1.82, 2.24) is 5.32 Å². The number of hydrogen-bond acceptors (Lipinski definition) is 2. The Kier molecular flexibility index (Phi) is 5.18. The van der Waals surface area contributed by atoms with Crippen molar-refractivity contribution in [2.45, 2.75) is 6.54 Å². The molecule has 0 unspecified atom stereocenters. The molecule has 1 aromatic heterocycles. The molecule has 1 N–H and O–H groups in total. The normalized spacial score (nSPS) is 11.3. The highest BCUT2D eigenvalue weighted by atomic mass is 32.1. The van der Waals surface area contributed by atoms with E-state index >= 15 is 0 Å². The maximum absolute atomic E-state index is 13.0.